The van der Waals surface area contributed by atoms with Crippen LogP contribution in [-0.2, 0) is 0 Å². The topological polar surface area (TPSA) is 45.2 Å². The zero-order valence-corrected chi connectivity index (χ0v) is 12.7. The maximum atomic E-state index is 11.9. The van der Waals surface area contributed by atoms with Crippen molar-refractivity contribution in [2.45, 2.75) is 25.7 Å². The molecule has 1 aromatic heterocycles. The van der Waals surface area contributed by atoms with Crippen molar-refractivity contribution in [3.8, 4) is 0 Å². The Morgan fingerprint density at radius 3 is 2.63 bits per heavy atom. The van der Waals surface area contributed by atoms with Gasteiger partial charge in [0.15, 0.2) is 0 Å². The number of halogens is 1. The summed E-state index contributed by atoms with van der Waals surface area (Å²) in [6.07, 6.45) is 6.88. The molecule has 104 valence electrons. The average Bonchev–Trinajstić information content (AvgIpc) is 2.68. The lowest BCUT2D eigenvalue weighted by atomic mass is 10.2. The summed E-state index contributed by atoms with van der Waals surface area (Å²) in [5.74, 6) is -0.0951. The second-order valence-electron chi connectivity index (χ2n) is 4.87. The molecule has 1 fully saturated rings. The molecule has 1 aliphatic heterocycles. The Labute approximate surface area is 122 Å². The Balaban J connectivity index is 1.72. The van der Waals surface area contributed by atoms with E-state index in [0.29, 0.717) is 12.2 Å². The first-order valence-electron chi connectivity index (χ1n) is 6.88. The zero-order valence-electron chi connectivity index (χ0n) is 11.1. The van der Waals surface area contributed by atoms with E-state index in [2.05, 4.69) is 31.1 Å². The molecule has 2 heterocycles. The van der Waals surface area contributed by atoms with E-state index in [9.17, 15) is 4.79 Å². The summed E-state index contributed by atoms with van der Waals surface area (Å²) in [6.45, 7) is 3.94. The molecular weight excluding hydrogens is 306 g/mol. The lowest BCUT2D eigenvalue weighted by Crippen LogP contribution is -2.35. The Bertz CT molecular complexity index is 400. The number of aromatic nitrogens is 1. The number of carbonyl (C=O) groups excluding carboxylic acids is 1. The summed E-state index contributed by atoms with van der Waals surface area (Å²) in [7, 11) is 0. The maximum Gasteiger partial charge on any atom is 0.269 e. The molecule has 5 heteroatoms. The van der Waals surface area contributed by atoms with E-state index in [4.69, 9.17) is 0 Å². The summed E-state index contributed by atoms with van der Waals surface area (Å²) in [5, 5.41) is 2.93. The number of amides is 1. The summed E-state index contributed by atoms with van der Waals surface area (Å²) >= 11 is 3.31. The minimum absolute atomic E-state index is 0.0951. The number of rotatable bonds is 4. The number of carbonyl (C=O) groups is 1. The van der Waals surface area contributed by atoms with E-state index in [-0.39, 0.29) is 5.91 Å². The zero-order chi connectivity index (χ0) is 13.5. The third-order valence-corrected chi connectivity index (χ3v) is 3.84. The first-order valence-corrected chi connectivity index (χ1v) is 7.67. The largest absolute Gasteiger partial charge is 0.349 e. The molecule has 2 rings (SSSR count). The van der Waals surface area contributed by atoms with Gasteiger partial charge >= 0.3 is 0 Å². The third kappa shape index (κ3) is 4.91. The summed E-state index contributed by atoms with van der Waals surface area (Å²) < 4.78 is 0.883. The Kier molecular flexibility index (Phi) is 5.79. The minimum atomic E-state index is -0.0951. The Morgan fingerprint density at radius 2 is 2.00 bits per heavy atom. The fourth-order valence-corrected chi connectivity index (χ4v) is 2.52. The van der Waals surface area contributed by atoms with E-state index in [0.717, 1.165) is 24.1 Å². The molecule has 0 aliphatic carbocycles. The second-order valence-corrected chi connectivity index (χ2v) is 5.79. The van der Waals surface area contributed by atoms with Crippen LogP contribution in [0.15, 0.2) is 22.8 Å². The van der Waals surface area contributed by atoms with Crippen LogP contribution in [0.4, 0.5) is 0 Å². The lowest BCUT2D eigenvalue weighted by molar-refractivity contribution is 0.0943. The number of hydrogen-bond donors (Lipinski definition) is 1. The fourth-order valence-electron chi connectivity index (χ4n) is 2.29. The molecule has 0 saturated carbocycles. The quantitative estimate of drug-likeness (QED) is 0.924. The lowest BCUT2D eigenvalue weighted by Gasteiger charge is -2.19. The van der Waals surface area contributed by atoms with Gasteiger partial charge in [-0.2, -0.15) is 0 Å². The molecule has 0 unspecified atom stereocenters. The molecule has 1 aliphatic rings. The molecule has 0 spiro atoms. The van der Waals surface area contributed by atoms with Crippen molar-refractivity contribution in [3.05, 3.63) is 28.5 Å². The van der Waals surface area contributed by atoms with Gasteiger partial charge in [0.25, 0.3) is 5.91 Å². The highest BCUT2D eigenvalue weighted by Gasteiger charge is 2.10. The first-order chi connectivity index (χ1) is 9.25. The van der Waals surface area contributed by atoms with Crippen LogP contribution in [-0.4, -0.2) is 42.0 Å². The van der Waals surface area contributed by atoms with Gasteiger partial charge < -0.3 is 10.2 Å². The van der Waals surface area contributed by atoms with Crippen molar-refractivity contribution in [2.24, 2.45) is 0 Å². The van der Waals surface area contributed by atoms with Gasteiger partial charge in [0, 0.05) is 23.8 Å². The monoisotopic (exact) mass is 325 g/mol. The van der Waals surface area contributed by atoms with Gasteiger partial charge in [0.1, 0.15) is 5.69 Å². The number of nitrogens with one attached hydrogen (secondary N) is 1. The smallest absolute Gasteiger partial charge is 0.269 e. The fraction of sp³-hybridized carbons (Fsp3) is 0.571. The molecule has 1 N–H and O–H groups in total. The average molecular weight is 326 g/mol. The van der Waals surface area contributed by atoms with E-state index < -0.39 is 0 Å². The number of hydrogen-bond acceptors (Lipinski definition) is 3. The Hall–Kier alpha value is -0.940. The van der Waals surface area contributed by atoms with Crippen molar-refractivity contribution in [2.75, 3.05) is 26.2 Å². The number of likely N-dealkylation sites (tertiary alicyclic amines) is 1. The molecule has 1 aromatic rings. The van der Waals surface area contributed by atoms with Crippen molar-refractivity contribution in [1.29, 1.82) is 0 Å². The first kappa shape index (κ1) is 14.5. The molecule has 0 bridgehead atoms. The van der Waals surface area contributed by atoms with Crippen LogP contribution in [0, 0.1) is 0 Å². The van der Waals surface area contributed by atoms with Gasteiger partial charge in [0.05, 0.1) is 0 Å². The predicted octanol–water partition coefficient (Wildman–Crippen LogP) is 2.45. The minimum Gasteiger partial charge on any atom is -0.349 e. The molecule has 0 atom stereocenters. The van der Waals surface area contributed by atoms with Gasteiger partial charge in [-0.25, -0.2) is 4.98 Å². The Morgan fingerprint density at radius 1 is 1.26 bits per heavy atom. The standard InChI is InChI=1S/C14H20BrN3O/c15-12-5-6-13(17-11-12)14(19)16-7-10-18-8-3-1-2-4-9-18/h5-6,11H,1-4,7-10H2,(H,16,19). The van der Waals surface area contributed by atoms with Crippen molar-refractivity contribution >= 4 is 21.8 Å². The molecule has 0 aromatic carbocycles. The maximum absolute atomic E-state index is 11.9. The molecule has 19 heavy (non-hydrogen) atoms. The SMILES string of the molecule is O=C(NCCN1CCCCCC1)c1ccc(Br)cn1. The third-order valence-electron chi connectivity index (χ3n) is 3.37. The van der Waals surface area contributed by atoms with E-state index in [1.807, 2.05) is 6.07 Å². The van der Waals surface area contributed by atoms with Gasteiger partial charge in [-0.3, -0.25) is 4.79 Å². The van der Waals surface area contributed by atoms with Crippen molar-refractivity contribution in [1.82, 2.24) is 15.2 Å². The van der Waals surface area contributed by atoms with Crippen LogP contribution in [0.2, 0.25) is 0 Å². The van der Waals surface area contributed by atoms with Crippen LogP contribution in [0.1, 0.15) is 36.2 Å². The van der Waals surface area contributed by atoms with Crippen LogP contribution in [0.3, 0.4) is 0 Å². The van der Waals surface area contributed by atoms with Crippen LogP contribution in [0.25, 0.3) is 0 Å². The summed E-state index contributed by atoms with van der Waals surface area (Å²) in [5.41, 5.74) is 0.471. The van der Waals surface area contributed by atoms with Gasteiger partial charge in [0.2, 0.25) is 0 Å². The normalized spacial score (nSPS) is 16.9. The van der Waals surface area contributed by atoms with Gasteiger partial charge in [-0.05, 0) is 54.0 Å². The molecule has 4 nitrogen and oxygen atoms in total. The van der Waals surface area contributed by atoms with E-state index >= 15 is 0 Å². The summed E-state index contributed by atoms with van der Waals surface area (Å²) in [6, 6.07) is 3.56. The van der Waals surface area contributed by atoms with Crippen LogP contribution >= 0.6 is 15.9 Å². The van der Waals surface area contributed by atoms with E-state index in [1.54, 1.807) is 12.3 Å². The second kappa shape index (κ2) is 7.60. The van der Waals surface area contributed by atoms with Crippen molar-refractivity contribution < 1.29 is 4.79 Å². The highest BCUT2D eigenvalue weighted by atomic mass is 79.9. The number of pyridine rings is 1. The highest BCUT2D eigenvalue weighted by Crippen LogP contribution is 2.09. The molecule has 1 amide bonds. The van der Waals surface area contributed by atoms with Gasteiger partial charge in [-0.1, -0.05) is 12.8 Å². The molecular formula is C14H20BrN3O. The van der Waals surface area contributed by atoms with Crippen molar-refractivity contribution in [3.63, 3.8) is 0 Å². The summed E-state index contributed by atoms with van der Waals surface area (Å²) in [4.78, 5) is 18.4. The molecule has 0 radical (unpaired) electrons. The van der Waals surface area contributed by atoms with Crippen LogP contribution in [0.5, 0.6) is 0 Å². The number of nitrogens with zero attached hydrogens (tertiary/aromatic N) is 2. The highest BCUT2D eigenvalue weighted by molar-refractivity contribution is 9.10. The van der Waals surface area contributed by atoms with E-state index in [1.165, 1.54) is 25.7 Å². The predicted molar refractivity (Wildman–Crippen MR) is 79.2 cm³/mol. The molecule has 1 saturated heterocycles. The van der Waals surface area contributed by atoms with Gasteiger partial charge in [-0.15, -0.1) is 0 Å². The van der Waals surface area contributed by atoms with Crippen LogP contribution < -0.4 is 5.32 Å².